The predicted molar refractivity (Wildman–Crippen MR) is 93.6 cm³/mol. The molecular formula is C21H25NO. The predicted octanol–water partition coefficient (Wildman–Crippen LogP) is 4.20. The molecule has 0 aliphatic carbocycles. The summed E-state index contributed by atoms with van der Waals surface area (Å²) in [5, 5.41) is 0. The molecule has 0 bridgehead atoms. The molecule has 2 heteroatoms. The third-order valence-electron chi connectivity index (χ3n) is 5.20. The Bertz CT molecular complexity index is 633. The average Bonchev–Trinajstić information content (AvgIpc) is 2.63. The van der Waals surface area contributed by atoms with E-state index >= 15 is 0 Å². The summed E-state index contributed by atoms with van der Waals surface area (Å²) in [5.41, 5.74) is 4.40. The van der Waals surface area contributed by atoms with E-state index in [2.05, 4.69) is 59.5 Å². The molecule has 0 N–H and O–H groups in total. The van der Waals surface area contributed by atoms with Gasteiger partial charge in [0.2, 0.25) is 0 Å². The zero-order valence-electron chi connectivity index (χ0n) is 13.7. The van der Waals surface area contributed by atoms with Crippen molar-refractivity contribution in [1.29, 1.82) is 0 Å². The number of hydrogen-bond donors (Lipinski definition) is 0. The monoisotopic (exact) mass is 307 g/mol. The Hall–Kier alpha value is -1.64. The Morgan fingerprint density at radius 3 is 2.61 bits per heavy atom. The van der Waals surface area contributed by atoms with E-state index in [0.717, 1.165) is 26.2 Å². The molecular weight excluding hydrogens is 282 g/mol. The van der Waals surface area contributed by atoms with E-state index < -0.39 is 0 Å². The normalized spacial score (nSPS) is 25.0. The van der Waals surface area contributed by atoms with Gasteiger partial charge in [-0.15, -0.1) is 0 Å². The molecule has 2 atom stereocenters. The maximum atomic E-state index is 5.97. The van der Waals surface area contributed by atoms with Gasteiger partial charge in [0.25, 0.3) is 0 Å². The Kier molecular flexibility index (Phi) is 4.45. The second kappa shape index (κ2) is 6.86. The van der Waals surface area contributed by atoms with Crippen molar-refractivity contribution in [2.75, 3.05) is 19.7 Å². The molecule has 0 radical (unpaired) electrons. The fourth-order valence-corrected chi connectivity index (χ4v) is 4.03. The second-order valence-electron chi connectivity index (χ2n) is 6.84. The number of hydrogen-bond acceptors (Lipinski definition) is 2. The van der Waals surface area contributed by atoms with Crippen molar-refractivity contribution in [2.45, 2.75) is 37.8 Å². The highest BCUT2D eigenvalue weighted by atomic mass is 16.5. The summed E-state index contributed by atoms with van der Waals surface area (Å²) in [6.45, 7) is 4.16. The van der Waals surface area contributed by atoms with E-state index in [1.807, 2.05) is 0 Å². The van der Waals surface area contributed by atoms with E-state index in [9.17, 15) is 0 Å². The molecule has 2 aromatic carbocycles. The molecule has 120 valence electrons. The van der Waals surface area contributed by atoms with E-state index in [1.54, 1.807) is 0 Å². The Labute approximate surface area is 139 Å². The Morgan fingerprint density at radius 2 is 1.78 bits per heavy atom. The number of rotatable bonds is 3. The molecule has 1 saturated heterocycles. The van der Waals surface area contributed by atoms with Crippen LogP contribution in [0.1, 0.15) is 41.9 Å². The van der Waals surface area contributed by atoms with Crippen LogP contribution in [0, 0.1) is 0 Å². The first kappa shape index (κ1) is 14.9. The van der Waals surface area contributed by atoms with Crippen LogP contribution in [0.4, 0.5) is 0 Å². The number of ether oxygens (including phenoxy) is 1. The zero-order chi connectivity index (χ0) is 15.5. The van der Waals surface area contributed by atoms with Crippen LogP contribution in [0.5, 0.6) is 0 Å². The highest BCUT2D eigenvalue weighted by Crippen LogP contribution is 2.33. The van der Waals surface area contributed by atoms with Gasteiger partial charge in [-0.1, -0.05) is 54.6 Å². The maximum Gasteiger partial charge on any atom is 0.0702 e. The first-order chi connectivity index (χ1) is 11.4. The Balaban J connectivity index is 1.58. The summed E-state index contributed by atoms with van der Waals surface area (Å²) in [6, 6.07) is 19.9. The van der Waals surface area contributed by atoms with Gasteiger partial charge < -0.3 is 4.74 Å². The standard InChI is InChI=1S/C21H25NO/c1-2-8-17(9-3-1)21-16-22(15-19-11-6-7-13-23-19)14-18-10-4-5-12-20(18)21/h1-5,8-10,12,19,21H,6-7,11,13-16H2/t19-,21-/m1/s1. The fraction of sp³-hybridized carbons (Fsp3) is 0.429. The van der Waals surface area contributed by atoms with Crippen LogP contribution in [0.15, 0.2) is 54.6 Å². The minimum Gasteiger partial charge on any atom is -0.377 e. The molecule has 4 rings (SSSR count). The molecule has 2 aliphatic rings. The molecule has 0 saturated carbocycles. The SMILES string of the molecule is c1ccc([C@H]2CN(C[C@H]3CCCCO3)Cc3ccccc32)cc1. The zero-order valence-corrected chi connectivity index (χ0v) is 13.7. The maximum absolute atomic E-state index is 5.97. The van der Waals surface area contributed by atoms with Gasteiger partial charge in [0.05, 0.1) is 6.10 Å². The van der Waals surface area contributed by atoms with Gasteiger partial charge in [0.1, 0.15) is 0 Å². The third kappa shape index (κ3) is 3.34. The lowest BCUT2D eigenvalue weighted by atomic mass is 9.84. The van der Waals surface area contributed by atoms with Crippen LogP contribution in [0.25, 0.3) is 0 Å². The molecule has 0 spiro atoms. The van der Waals surface area contributed by atoms with Gasteiger partial charge in [-0.05, 0) is 36.0 Å². The highest BCUT2D eigenvalue weighted by Gasteiger charge is 2.28. The van der Waals surface area contributed by atoms with Crippen molar-refractivity contribution in [1.82, 2.24) is 4.90 Å². The highest BCUT2D eigenvalue weighted by molar-refractivity contribution is 5.40. The lowest BCUT2D eigenvalue weighted by molar-refractivity contribution is -0.00889. The number of fused-ring (bicyclic) bond motifs is 1. The summed E-state index contributed by atoms with van der Waals surface area (Å²) in [5.74, 6) is 0.477. The van der Waals surface area contributed by atoms with Gasteiger partial charge >= 0.3 is 0 Å². The van der Waals surface area contributed by atoms with E-state index in [4.69, 9.17) is 4.74 Å². The Morgan fingerprint density at radius 1 is 0.957 bits per heavy atom. The topological polar surface area (TPSA) is 12.5 Å². The summed E-state index contributed by atoms with van der Waals surface area (Å²) in [6.07, 6.45) is 4.18. The van der Waals surface area contributed by atoms with Crippen molar-refractivity contribution < 1.29 is 4.74 Å². The number of nitrogens with zero attached hydrogens (tertiary/aromatic N) is 1. The molecule has 1 fully saturated rings. The first-order valence-corrected chi connectivity index (χ1v) is 8.87. The molecule has 0 aromatic heterocycles. The molecule has 2 aromatic rings. The van der Waals surface area contributed by atoms with E-state index in [-0.39, 0.29) is 0 Å². The van der Waals surface area contributed by atoms with Crippen molar-refractivity contribution in [2.24, 2.45) is 0 Å². The quantitative estimate of drug-likeness (QED) is 0.842. The van der Waals surface area contributed by atoms with Gasteiger partial charge in [0.15, 0.2) is 0 Å². The lowest BCUT2D eigenvalue weighted by Crippen LogP contribution is -2.40. The van der Waals surface area contributed by atoms with Crippen molar-refractivity contribution >= 4 is 0 Å². The van der Waals surface area contributed by atoms with Crippen LogP contribution >= 0.6 is 0 Å². The van der Waals surface area contributed by atoms with Crippen LogP contribution in [-0.2, 0) is 11.3 Å². The van der Waals surface area contributed by atoms with Crippen molar-refractivity contribution in [3.8, 4) is 0 Å². The summed E-state index contributed by atoms with van der Waals surface area (Å²) >= 11 is 0. The average molecular weight is 307 g/mol. The van der Waals surface area contributed by atoms with E-state index in [0.29, 0.717) is 12.0 Å². The van der Waals surface area contributed by atoms with Crippen LogP contribution in [-0.4, -0.2) is 30.7 Å². The summed E-state index contributed by atoms with van der Waals surface area (Å²) in [7, 11) is 0. The molecule has 0 unspecified atom stereocenters. The molecule has 2 aliphatic heterocycles. The fourth-order valence-electron chi connectivity index (χ4n) is 4.03. The van der Waals surface area contributed by atoms with Gasteiger partial charge in [-0.25, -0.2) is 0 Å². The van der Waals surface area contributed by atoms with Gasteiger partial charge in [0, 0.05) is 32.2 Å². The first-order valence-electron chi connectivity index (χ1n) is 8.87. The van der Waals surface area contributed by atoms with Gasteiger partial charge in [-0.2, -0.15) is 0 Å². The van der Waals surface area contributed by atoms with E-state index in [1.165, 1.54) is 36.0 Å². The third-order valence-corrected chi connectivity index (χ3v) is 5.20. The molecule has 0 amide bonds. The van der Waals surface area contributed by atoms with Crippen LogP contribution in [0.2, 0.25) is 0 Å². The minimum atomic E-state index is 0.422. The molecule has 2 nitrogen and oxygen atoms in total. The van der Waals surface area contributed by atoms with Crippen molar-refractivity contribution in [3.63, 3.8) is 0 Å². The summed E-state index contributed by atoms with van der Waals surface area (Å²) < 4.78 is 5.97. The second-order valence-corrected chi connectivity index (χ2v) is 6.84. The number of benzene rings is 2. The smallest absolute Gasteiger partial charge is 0.0702 e. The van der Waals surface area contributed by atoms with Crippen molar-refractivity contribution in [3.05, 3.63) is 71.3 Å². The summed E-state index contributed by atoms with van der Waals surface area (Å²) in [4.78, 5) is 2.59. The molecule has 23 heavy (non-hydrogen) atoms. The van der Waals surface area contributed by atoms with Crippen LogP contribution < -0.4 is 0 Å². The van der Waals surface area contributed by atoms with Gasteiger partial charge in [-0.3, -0.25) is 4.90 Å². The minimum absolute atomic E-state index is 0.422. The largest absolute Gasteiger partial charge is 0.377 e. The molecule has 2 heterocycles. The lowest BCUT2D eigenvalue weighted by Gasteiger charge is -2.37. The van der Waals surface area contributed by atoms with Crippen LogP contribution in [0.3, 0.4) is 0 Å².